The number of amides is 2. The fourth-order valence-electron chi connectivity index (χ4n) is 4.69. The third-order valence-electron chi connectivity index (χ3n) is 6.48. The molecule has 9 heteroatoms. The first kappa shape index (κ1) is 23.7. The van der Waals surface area contributed by atoms with Crippen LogP contribution in [-0.4, -0.2) is 80.6 Å². The lowest BCUT2D eigenvalue weighted by atomic mass is 9.98. The predicted molar refractivity (Wildman–Crippen MR) is 122 cm³/mol. The highest BCUT2D eigenvalue weighted by Crippen LogP contribution is 2.44. The molecule has 1 fully saturated rings. The van der Waals surface area contributed by atoms with Crippen LogP contribution in [0, 0.1) is 5.92 Å². The minimum absolute atomic E-state index is 0.0341. The van der Waals surface area contributed by atoms with Gasteiger partial charge in [-0.1, -0.05) is 48.5 Å². The molecule has 3 unspecified atom stereocenters. The number of carbonyl (C=O) groups excluding carboxylic acids is 2. The molecule has 1 saturated heterocycles. The van der Waals surface area contributed by atoms with Gasteiger partial charge in [-0.3, -0.25) is 9.59 Å². The first-order valence-corrected chi connectivity index (χ1v) is 11.1. The summed E-state index contributed by atoms with van der Waals surface area (Å²) in [7, 11) is 2.91. The zero-order valence-corrected chi connectivity index (χ0v) is 19.1. The van der Waals surface area contributed by atoms with Crippen molar-refractivity contribution in [3.05, 3.63) is 59.7 Å². The molecule has 1 aliphatic heterocycles. The van der Waals surface area contributed by atoms with E-state index in [1.54, 1.807) is 0 Å². The van der Waals surface area contributed by atoms with E-state index in [0.29, 0.717) is 0 Å². The van der Waals surface area contributed by atoms with Gasteiger partial charge in [0.25, 0.3) is 0 Å². The second-order valence-corrected chi connectivity index (χ2v) is 8.48. The van der Waals surface area contributed by atoms with Crippen molar-refractivity contribution >= 4 is 18.0 Å². The monoisotopic (exact) mass is 468 g/mol. The SMILES string of the molecule is COCC(NC(=O)OCC1c2ccccc2-c2ccccc21)C(=O)N(C)C1COCC1C(=O)O. The lowest BCUT2D eigenvalue weighted by Crippen LogP contribution is -2.54. The number of nitrogens with zero attached hydrogens (tertiary/aromatic N) is 1. The van der Waals surface area contributed by atoms with Crippen LogP contribution < -0.4 is 5.32 Å². The molecule has 2 aromatic rings. The molecule has 9 nitrogen and oxygen atoms in total. The molecule has 4 rings (SSSR count). The Hall–Kier alpha value is -3.43. The second-order valence-electron chi connectivity index (χ2n) is 8.48. The molecule has 1 heterocycles. The number of aliphatic carboxylic acids is 1. The van der Waals surface area contributed by atoms with Crippen molar-refractivity contribution in [3.8, 4) is 11.1 Å². The van der Waals surface area contributed by atoms with E-state index in [1.165, 1.54) is 19.1 Å². The van der Waals surface area contributed by atoms with Crippen molar-refractivity contribution in [1.29, 1.82) is 0 Å². The van der Waals surface area contributed by atoms with Crippen LogP contribution in [0.5, 0.6) is 0 Å². The number of fused-ring (bicyclic) bond motifs is 3. The normalized spacial score (nSPS) is 19.7. The number of hydrogen-bond donors (Lipinski definition) is 2. The minimum atomic E-state index is -1.03. The molecule has 0 radical (unpaired) electrons. The van der Waals surface area contributed by atoms with Gasteiger partial charge in [-0.15, -0.1) is 0 Å². The Balaban J connectivity index is 1.41. The fourth-order valence-corrected chi connectivity index (χ4v) is 4.69. The maximum Gasteiger partial charge on any atom is 0.407 e. The molecule has 1 aliphatic carbocycles. The largest absolute Gasteiger partial charge is 0.481 e. The zero-order chi connectivity index (χ0) is 24.2. The van der Waals surface area contributed by atoms with Gasteiger partial charge in [0.1, 0.15) is 18.6 Å². The summed E-state index contributed by atoms with van der Waals surface area (Å²) in [6.07, 6.45) is -0.747. The Morgan fingerprint density at radius 2 is 1.71 bits per heavy atom. The molecule has 2 N–H and O–H groups in total. The average molecular weight is 469 g/mol. The summed E-state index contributed by atoms with van der Waals surface area (Å²) in [5.74, 6) is -2.44. The number of ether oxygens (including phenoxy) is 3. The van der Waals surface area contributed by atoms with Gasteiger partial charge in [0, 0.05) is 20.1 Å². The number of carboxylic acid groups (broad SMARTS) is 1. The highest BCUT2D eigenvalue weighted by atomic mass is 16.5. The van der Waals surface area contributed by atoms with Gasteiger partial charge in [0.15, 0.2) is 0 Å². The zero-order valence-electron chi connectivity index (χ0n) is 19.1. The van der Waals surface area contributed by atoms with E-state index in [4.69, 9.17) is 14.2 Å². The number of rotatable bonds is 8. The summed E-state index contributed by atoms with van der Waals surface area (Å²) in [5, 5.41) is 12.0. The van der Waals surface area contributed by atoms with Crippen molar-refractivity contribution in [3.63, 3.8) is 0 Å². The summed E-state index contributed by atoms with van der Waals surface area (Å²) in [6.45, 7) is 0.177. The van der Waals surface area contributed by atoms with E-state index < -0.39 is 36.0 Å². The standard InChI is InChI=1S/C25H28N2O7/c1-27(22-14-33-11-20(22)24(29)30)23(28)21(13-32-2)26-25(31)34-12-19-17-9-5-3-7-15(17)16-8-4-6-10-18(16)19/h3-10,19-22H,11-14H2,1-2H3,(H,26,31)(H,29,30). The first-order chi connectivity index (χ1) is 16.4. The number of methoxy groups -OCH3 is 1. The highest BCUT2D eigenvalue weighted by molar-refractivity contribution is 5.86. The van der Waals surface area contributed by atoms with E-state index in [9.17, 15) is 19.5 Å². The number of benzene rings is 2. The average Bonchev–Trinajstić information content (AvgIpc) is 3.45. The molecule has 0 saturated carbocycles. The van der Waals surface area contributed by atoms with Crippen LogP contribution in [0.25, 0.3) is 11.1 Å². The van der Waals surface area contributed by atoms with Gasteiger partial charge in [-0.25, -0.2) is 4.79 Å². The quantitative estimate of drug-likeness (QED) is 0.610. The van der Waals surface area contributed by atoms with Gasteiger partial charge in [0.05, 0.1) is 25.9 Å². The predicted octanol–water partition coefficient (Wildman–Crippen LogP) is 2.10. The molecular formula is C25H28N2O7. The van der Waals surface area contributed by atoms with Crippen LogP contribution in [-0.2, 0) is 23.8 Å². The van der Waals surface area contributed by atoms with Crippen LogP contribution in [0.2, 0.25) is 0 Å². The van der Waals surface area contributed by atoms with Crippen molar-refractivity contribution in [2.24, 2.45) is 5.92 Å². The van der Waals surface area contributed by atoms with Crippen molar-refractivity contribution < 1.29 is 33.7 Å². The van der Waals surface area contributed by atoms with E-state index in [-0.39, 0.29) is 32.3 Å². The molecule has 0 bridgehead atoms. The number of alkyl carbamates (subject to hydrolysis) is 1. The fraction of sp³-hybridized carbons (Fsp3) is 0.400. The van der Waals surface area contributed by atoms with Crippen molar-refractivity contribution in [2.45, 2.75) is 18.0 Å². The number of carboxylic acids is 1. The number of likely N-dealkylation sites (N-methyl/N-ethyl adjacent to an activating group) is 1. The number of nitrogens with one attached hydrogen (secondary N) is 1. The summed E-state index contributed by atoms with van der Waals surface area (Å²) >= 11 is 0. The van der Waals surface area contributed by atoms with Crippen LogP contribution in [0.3, 0.4) is 0 Å². The molecule has 2 amide bonds. The molecule has 34 heavy (non-hydrogen) atoms. The Bertz CT molecular complexity index is 1030. The summed E-state index contributed by atoms with van der Waals surface area (Å²) in [5.41, 5.74) is 4.41. The molecule has 0 spiro atoms. The molecule has 2 aromatic carbocycles. The van der Waals surface area contributed by atoms with Crippen LogP contribution in [0.15, 0.2) is 48.5 Å². The second kappa shape index (κ2) is 10.2. The van der Waals surface area contributed by atoms with E-state index in [1.807, 2.05) is 36.4 Å². The summed E-state index contributed by atoms with van der Waals surface area (Å²) in [6, 6.07) is 14.4. The molecule has 180 valence electrons. The molecular weight excluding hydrogens is 440 g/mol. The molecule has 0 aromatic heterocycles. The van der Waals surface area contributed by atoms with Crippen molar-refractivity contribution in [2.75, 3.05) is 40.6 Å². The number of hydrogen-bond acceptors (Lipinski definition) is 6. The third kappa shape index (κ3) is 4.62. The van der Waals surface area contributed by atoms with Gasteiger partial charge in [-0.2, -0.15) is 0 Å². The maximum absolute atomic E-state index is 13.0. The number of carbonyl (C=O) groups is 3. The Labute approximate surface area is 197 Å². The maximum atomic E-state index is 13.0. The van der Waals surface area contributed by atoms with Gasteiger partial charge >= 0.3 is 12.1 Å². The van der Waals surface area contributed by atoms with E-state index in [2.05, 4.69) is 17.4 Å². The first-order valence-electron chi connectivity index (χ1n) is 11.1. The van der Waals surface area contributed by atoms with E-state index >= 15 is 0 Å². The third-order valence-corrected chi connectivity index (χ3v) is 6.48. The van der Waals surface area contributed by atoms with Crippen molar-refractivity contribution in [1.82, 2.24) is 10.2 Å². The molecule has 2 aliphatic rings. The summed E-state index contributed by atoms with van der Waals surface area (Å²) < 4.78 is 15.9. The lowest BCUT2D eigenvalue weighted by Gasteiger charge is -2.30. The van der Waals surface area contributed by atoms with Gasteiger partial charge in [-0.05, 0) is 22.3 Å². The van der Waals surface area contributed by atoms with Gasteiger partial charge in [0.2, 0.25) is 5.91 Å². The smallest absolute Gasteiger partial charge is 0.407 e. The minimum Gasteiger partial charge on any atom is -0.481 e. The molecule has 3 atom stereocenters. The van der Waals surface area contributed by atoms with Gasteiger partial charge < -0.3 is 29.5 Å². The van der Waals surface area contributed by atoms with Crippen LogP contribution in [0.4, 0.5) is 4.79 Å². The highest BCUT2D eigenvalue weighted by Gasteiger charge is 2.40. The lowest BCUT2D eigenvalue weighted by molar-refractivity contribution is -0.145. The van der Waals surface area contributed by atoms with Crippen LogP contribution in [0.1, 0.15) is 17.0 Å². The Morgan fingerprint density at radius 3 is 2.29 bits per heavy atom. The Kier molecular flexibility index (Phi) is 7.14. The summed E-state index contributed by atoms with van der Waals surface area (Å²) in [4.78, 5) is 38.5. The van der Waals surface area contributed by atoms with Crippen LogP contribution >= 0.6 is 0 Å². The van der Waals surface area contributed by atoms with E-state index in [0.717, 1.165) is 22.3 Å². The Morgan fingerprint density at radius 1 is 1.09 bits per heavy atom. The topological polar surface area (TPSA) is 114 Å².